The Morgan fingerprint density at radius 1 is 1.44 bits per heavy atom. The minimum atomic E-state index is 0.134. The average Bonchev–Trinajstić information content (AvgIpc) is 2.74. The summed E-state index contributed by atoms with van der Waals surface area (Å²) in [5, 5.41) is 3.42. The average molecular weight is 298 g/mol. The molecule has 1 unspecified atom stereocenters. The first-order valence-corrected chi connectivity index (χ1v) is 6.66. The predicted octanol–water partition coefficient (Wildman–Crippen LogP) is 3.00. The molecule has 0 fully saturated rings. The van der Waals surface area contributed by atoms with Crippen LogP contribution in [0.4, 0.5) is 0 Å². The summed E-state index contributed by atoms with van der Waals surface area (Å²) in [6, 6.07) is 4.30. The number of rotatable bonds is 4. The third-order valence-electron chi connectivity index (χ3n) is 2.17. The second-order valence-electron chi connectivity index (χ2n) is 3.26. The molecule has 3 nitrogen and oxygen atoms in total. The van der Waals surface area contributed by atoms with Crippen molar-refractivity contribution in [3.63, 3.8) is 0 Å². The van der Waals surface area contributed by atoms with Crippen molar-refractivity contribution in [2.24, 2.45) is 0 Å². The molecule has 0 aliphatic carbocycles. The standard InChI is InChI=1S/C11H12BrN3S/c1-2-14-11(8-7-13-5-6-15-8)9-3-4-10(12)16-9/h3-7,11,14H,2H2,1H3. The van der Waals surface area contributed by atoms with Crippen molar-refractivity contribution in [3.8, 4) is 0 Å². The zero-order chi connectivity index (χ0) is 11.4. The van der Waals surface area contributed by atoms with E-state index in [0.717, 1.165) is 16.0 Å². The number of hydrogen-bond acceptors (Lipinski definition) is 4. The fourth-order valence-corrected chi connectivity index (χ4v) is 3.01. The van der Waals surface area contributed by atoms with E-state index in [1.165, 1.54) is 4.88 Å². The van der Waals surface area contributed by atoms with Gasteiger partial charge >= 0.3 is 0 Å². The molecule has 0 aliphatic heterocycles. The molecule has 1 atom stereocenters. The fraction of sp³-hybridized carbons (Fsp3) is 0.273. The monoisotopic (exact) mass is 297 g/mol. The summed E-state index contributed by atoms with van der Waals surface area (Å²) in [6.07, 6.45) is 5.22. The maximum absolute atomic E-state index is 4.35. The Hall–Kier alpha value is -0.780. The van der Waals surface area contributed by atoms with E-state index >= 15 is 0 Å². The highest BCUT2D eigenvalue weighted by Crippen LogP contribution is 2.30. The van der Waals surface area contributed by atoms with Crippen LogP contribution in [0.15, 0.2) is 34.5 Å². The number of thiophene rings is 1. The van der Waals surface area contributed by atoms with Gasteiger partial charge in [0.1, 0.15) is 0 Å². The molecule has 0 amide bonds. The summed E-state index contributed by atoms with van der Waals surface area (Å²) < 4.78 is 1.13. The molecule has 1 N–H and O–H groups in total. The van der Waals surface area contributed by atoms with Crippen LogP contribution in [0.2, 0.25) is 0 Å². The van der Waals surface area contributed by atoms with E-state index < -0.39 is 0 Å². The van der Waals surface area contributed by atoms with Crippen molar-refractivity contribution in [1.29, 1.82) is 0 Å². The predicted molar refractivity (Wildman–Crippen MR) is 69.6 cm³/mol. The first-order valence-electron chi connectivity index (χ1n) is 5.05. The van der Waals surface area contributed by atoms with Crippen molar-refractivity contribution in [2.75, 3.05) is 6.54 Å². The van der Waals surface area contributed by atoms with Gasteiger partial charge in [-0.25, -0.2) is 0 Å². The van der Waals surface area contributed by atoms with Crippen LogP contribution in [0.5, 0.6) is 0 Å². The van der Waals surface area contributed by atoms with Crippen molar-refractivity contribution in [3.05, 3.63) is 45.1 Å². The van der Waals surface area contributed by atoms with Crippen LogP contribution in [0, 0.1) is 0 Å². The van der Waals surface area contributed by atoms with Crippen molar-refractivity contribution in [2.45, 2.75) is 13.0 Å². The van der Waals surface area contributed by atoms with Crippen LogP contribution in [0.1, 0.15) is 23.5 Å². The zero-order valence-electron chi connectivity index (χ0n) is 8.85. The van der Waals surface area contributed by atoms with Gasteiger partial charge in [0.2, 0.25) is 0 Å². The zero-order valence-corrected chi connectivity index (χ0v) is 11.3. The highest BCUT2D eigenvalue weighted by molar-refractivity contribution is 9.11. The maximum Gasteiger partial charge on any atom is 0.0861 e. The first-order chi connectivity index (χ1) is 7.81. The van der Waals surface area contributed by atoms with Gasteiger partial charge in [0, 0.05) is 17.3 Å². The first kappa shape index (κ1) is 11.7. The lowest BCUT2D eigenvalue weighted by atomic mass is 10.2. The minimum Gasteiger partial charge on any atom is -0.305 e. The van der Waals surface area contributed by atoms with Crippen molar-refractivity contribution >= 4 is 27.3 Å². The molecule has 5 heteroatoms. The largest absolute Gasteiger partial charge is 0.305 e. The number of nitrogens with one attached hydrogen (secondary N) is 1. The number of aromatic nitrogens is 2. The summed E-state index contributed by atoms with van der Waals surface area (Å²) >= 11 is 5.20. The smallest absolute Gasteiger partial charge is 0.0861 e. The molecule has 2 aromatic rings. The van der Waals surface area contributed by atoms with Gasteiger partial charge in [-0.05, 0) is 34.6 Å². The summed E-state index contributed by atoms with van der Waals surface area (Å²) in [6.45, 7) is 2.99. The minimum absolute atomic E-state index is 0.134. The van der Waals surface area contributed by atoms with Gasteiger partial charge in [-0.1, -0.05) is 6.92 Å². The Balaban J connectivity index is 2.31. The normalized spacial score (nSPS) is 12.6. The number of nitrogens with zero attached hydrogens (tertiary/aromatic N) is 2. The van der Waals surface area contributed by atoms with Crippen LogP contribution in [-0.4, -0.2) is 16.5 Å². The molecule has 16 heavy (non-hydrogen) atoms. The summed E-state index contributed by atoms with van der Waals surface area (Å²) in [4.78, 5) is 9.70. The SMILES string of the molecule is CCNC(c1cnccn1)c1ccc(Br)s1. The van der Waals surface area contributed by atoms with Crippen LogP contribution < -0.4 is 5.32 Å². The van der Waals surface area contributed by atoms with Gasteiger partial charge in [-0.3, -0.25) is 9.97 Å². The van der Waals surface area contributed by atoms with Crippen molar-refractivity contribution in [1.82, 2.24) is 15.3 Å². The van der Waals surface area contributed by atoms with Gasteiger partial charge < -0.3 is 5.32 Å². The Morgan fingerprint density at radius 2 is 2.31 bits per heavy atom. The van der Waals surface area contributed by atoms with Gasteiger partial charge in [-0.15, -0.1) is 11.3 Å². The Morgan fingerprint density at radius 3 is 2.88 bits per heavy atom. The molecule has 2 aromatic heterocycles. The van der Waals surface area contributed by atoms with E-state index in [1.54, 1.807) is 29.9 Å². The van der Waals surface area contributed by atoms with E-state index in [-0.39, 0.29) is 6.04 Å². The highest BCUT2D eigenvalue weighted by atomic mass is 79.9. The molecule has 0 radical (unpaired) electrons. The molecule has 0 saturated heterocycles. The topological polar surface area (TPSA) is 37.8 Å². The molecule has 0 bridgehead atoms. The Labute approximate surface area is 107 Å². The van der Waals surface area contributed by atoms with Gasteiger partial charge in [-0.2, -0.15) is 0 Å². The van der Waals surface area contributed by atoms with Gasteiger partial charge in [0.25, 0.3) is 0 Å². The van der Waals surface area contributed by atoms with E-state index in [4.69, 9.17) is 0 Å². The van der Waals surface area contributed by atoms with E-state index in [9.17, 15) is 0 Å². The molecule has 0 aromatic carbocycles. The maximum atomic E-state index is 4.35. The van der Waals surface area contributed by atoms with Gasteiger partial charge in [0.15, 0.2) is 0 Å². The van der Waals surface area contributed by atoms with Crippen LogP contribution in [-0.2, 0) is 0 Å². The molecule has 2 heterocycles. The third kappa shape index (κ3) is 2.66. The molecule has 2 rings (SSSR count). The summed E-state index contributed by atoms with van der Waals surface area (Å²) in [5.74, 6) is 0. The molecule has 0 spiro atoms. The molecule has 0 aliphatic rings. The third-order valence-corrected chi connectivity index (χ3v) is 3.85. The van der Waals surface area contributed by atoms with Crippen LogP contribution in [0.25, 0.3) is 0 Å². The Kier molecular flexibility index (Phi) is 4.04. The van der Waals surface area contributed by atoms with Gasteiger partial charge in [0.05, 0.1) is 21.7 Å². The number of hydrogen-bond donors (Lipinski definition) is 1. The fourth-order valence-electron chi connectivity index (χ4n) is 1.50. The second-order valence-corrected chi connectivity index (χ2v) is 5.76. The summed E-state index contributed by atoms with van der Waals surface area (Å²) in [7, 11) is 0. The molecular formula is C11H12BrN3S. The van der Waals surface area contributed by atoms with Crippen LogP contribution >= 0.6 is 27.3 Å². The molecule has 0 saturated carbocycles. The van der Waals surface area contributed by atoms with Crippen LogP contribution in [0.3, 0.4) is 0 Å². The lowest BCUT2D eigenvalue weighted by molar-refractivity contribution is 0.621. The molecular weight excluding hydrogens is 286 g/mol. The lowest BCUT2D eigenvalue weighted by Crippen LogP contribution is -2.22. The Bertz CT molecular complexity index is 444. The van der Waals surface area contributed by atoms with E-state index in [0.29, 0.717) is 0 Å². The van der Waals surface area contributed by atoms with E-state index in [1.807, 2.05) is 0 Å². The molecule has 84 valence electrons. The quantitative estimate of drug-likeness (QED) is 0.943. The highest BCUT2D eigenvalue weighted by Gasteiger charge is 2.16. The summed E-state index contributed by atoms with van der Waals surface area (Å²) in [5.41, 5.74) is 0.957. The lowest BCUT2D eigenvalue weighted by Gasteiger charge is -2.14. The van der Waals surface area contributed by atoms with E-state index in [2.05, 4.69) is 50.3 Å². The van der Waals surface area contributed by atoms with Crippen molar-refractivity contribution < 1.29 is 0 Å². The second kappa shape index (κ2) is 5.52. The number of halogens is 1.